The van der Waals surface area contributed by atoms with Gasteiger partial charge in [0.1, 0.15) is 5.82 Å². The molecule has 2 rings (SSSR count). The van der Waals surface area contributed by atoms with Crippen LogP contribution in [0, 0.1) is 18.7 Å². The van der Waals surface area contributed by atoms with Crippen molar-refractivity contribution in [3.63, 3.8) is 0 Å². The van der Waals surface area contributed by atoms with Gasteiger partial charge < -0.3 is 5.32 Å². The Kier molecular flexibility index (Phi) is 6.03. The van der Waals surface area contributed by atoms with E-state index in [0.717, 1.165) is 25.3 Å². The molecule has 0 heterocycles. The molecule has 0 bridgehead atoms. The topological polar surface area (TPSA) is 12.0 Å². The van der Waals surface area contributed by atoms with E-state index in [-0.39, 0.29) is 5.82 Å². The quantitative estimate of drug-likeness (QED) is 0.799. The first-order valence-electron chi connectivity index (χ1n) is 8.19. The highest BCUT2D eigenvalue weighted by molar-refractivity contribution is 5.27. The summed E-state index contributed by atoms with van der Waals surface area (Å²) < 4.78 is 13.5. The lowest BCUT2D eigenvalue weighted by molar-refractivity contribution is 0.267. The zero-order valence-electron chi connectivity index (χ0n) is 12.9. The van der Waals surface area contributed by atoms with Crippen LogP contribution in [0.3, 0.4) is 0 Å². The predicted molar refractivity (Wildman–Crippen MR) is 83.5 cm³/mol. The normalized spacial score (nSPS) is 18.1. The Balaban J connectivity index is 2.07. The van der Waals surface area contributed by atoms with Crippen LogP contribution in [0.2, 0.25) is 0 Å². The van der Waals surface area contributed by atoms with E-state index in [1.807, 2.05) is 6.07 Å². The van der Waals surface area contributed by atoms with Crippen molar-refractivity contribution in [2.24, 2.45) is 5.92 Å². The maximum absolute atomic E-state index is 13.5. The third-order valence-electron chi connectivity index (χ3n) is 4.63. The minimum absolute atomic E-state index is 0.108. The van der Waals surface area contributed by atoms with E-state index in [1.54, 1.807) is 12.1 Å². The van der Waals surface area contributed by atoms with E-state index in [0.29, 0.717) is 6.04 Å². The van der Waals surface area contributed by atoms with Gasteiger partial charge in [0, 0.05) is 6.04 Å². The van der Waals surface area contributed by atoms with E-state index in [4.69, 9.17) is 0 Å². The second kappa shape index (κ2) is 7.78. The van der Waals surface area contributed by atoms with Crippen molar-refractivity contribution in [2.75, 3.05) is 6.54 Å². The van der Waals surface area contributed by atoms with Gasteiger partial charge in [-0.05, 0) is 68.3 Å². The molecule has 0 saturated heterocycles. The monoisotopic (exact) mass is 277 g/mol. The van der Waals surface area contributed by atoms with Crippen molar-refractivity contribution in [2.45, 2.75) is 64.8 Å². The number of nitrogens with one attached hydrogen (secondary N) is 1. The van der Waals surface area contributed by atoms with Gasteiger partial charge in [0.05, 0.1) is 0 Å². The van der Waals surface area contributed by atoms with Gasteiger partial charge in [-0.3, -0.25) is 0 Å². The Labute approximate surface area is 123 Å². The van der Waals surface area contributed by atoms with Gasteiger partial charge in [-0.25, -0.2) is 4.39 Å². The maximum atomic E-state index is 13.5. The maximum Gasteiger partial charge on any atom is 0.123 e. The summed E-state index contributed by atoms with van der Waals surface area (Å²) in [6.45, 7) is 5.36. The Morgan fingerprint density at radius 2 is 2.00 bits per heavy atom. The van der Waals surface area contributed by atoms with E-state index >= 15 is 0 Å². The fourth-order valence-electron chi connectivity index (χ4n) is 3.37. The second-order valence-electron chi connectivity index (χ2n) is 6.23. The molecule has 112 valence electrons. The first kappa shape index (κ1) is 15.5. The Morgan fingerprint density at radius 1 is 1.25 bits per heavy atom. The molecular weight excluding hydrogens is 249 g/mol. The third kappa shape index (κ3) is 4.31. The van der Waals surface area contributed by atoms with E-state index in [2.05, 4.69) is 19.2 Å². The largest absolute Gasteiger partial charge is 0.313 e. The van der Waals surface area contributed by atoms with Crippen LogP contribution < -0.4 is 5.32 Å². The van der Waals surface area contributed by atoms with Crippen molar-refractivity contribution in [3.05, 3.63) is 35.1 Å². The van der Waals surface area contributed by atoms with Crippen LogP contribution >= 0.6 is 0 Å². The fourth-order valence-corrected chi connectivity index (χ4v) is 3.37. The molecule has 0 aliphatic heterocycles. The van der Waals surface area contributed by atoms with Gasteiger partial charge in [-0.1, -0.05) is 32.3 Å². The summed E-state index contributed by atoms with van der Waals surface area (Å²) in [7, 11) is 0. The zero-order chi connectivity index (χ0) is 14.4. The van der Waals surface area contributed by atoms with Crippen LogP contribution in [-0.2, 0) is 6.42 Å². The number of benzene rings is 1. The van der Waals surface area contributed by atoms with Crippen molar-refractivity contribution in [1.82, 2.24) is 5.32 Å². The van der Waals surface area contributed by atoms with E-state index < -0.39 is 0 Å². The summed E-state index contributed by atoms with van der Waals surface area (Å²) in [5.41, 5.74) is 2.38. The highest BCUT2D eigenvalue weighted by Crippen LogP contribution is 2.28. The second-order valence-corrected chi connectivity index (χ2v) is 6.23. The van der Waals surface area contributed by atoms with Gasteiger partial charge in [-0.2, -0.15) is 0 Å². The molecule has 20 heavy (non-hydrogen) atoms. The first-order chi connectivity index (χ1) is 9.70. The molecule has 1 aromatic carbocycles. The van der Waals surface area contributed by atoms with Gasteiger partial charge in [0.2, 0.25) is 0 Å². The van der Waals surface area contributed by atoms with Crippen molar-refractivity contribution in [1.29, 1.82) is 0 Å². The van der Waals surface area contributed by atoms with E-state index in [9.17, 15) is 4.39 Å². The summed E-state index contributed by atoms with van der Waals surface area (Å²) in [6, 6.07) is 5.70. The van der Waals surface area contributed by atoms with Crippen molar-refractivity contribution < 1.29 is 4.39 Å². The predicted octanol–water partition coefficient (Wildman–Crippen LogP) is 4.63. The number of halogens is 1. The average molecular weight is 277 g/mol. The van der Waals surface area contributed by atoms with Crippen LogP contribution in [-0.4, -0.2) is 12.6 Å². The molecule has 0 radical (unpaired) electrons. The molecule has 0 amide bonds. The Bertz CT molecular complexity index is 410. The number of hydrogen-bond donors (Lipinski definition) is 1. The molecule has 1 fully saturated rings. The number of hydrogen-bond acceptors (Lipinski definition) is 1. The van der Waals surface area contributed by atoms with Gasteiger partial charge in [0.25, 0.3) is 0 Å². The summed E-state index contributed by atoms with van der Waals surface area (Å²) in [6.07, 6.45) is 8.88. The molecule has 0 aromatic heterocycles. The summed E-state index contributed by atoms with van der Waals surface area (Å²) in [5, 5.41) is 3.71. The van der Waals surface area contributed by atoms with E-state index in [1.165, 1.54) is 43.2 Å². The summed E-state index contributed by atoms with van der Waals surface area (Å²) in [5.74, 6) is 0.654. The highest BCUT2D eigenvalue weighted by atomic mass is 19.1. The SMILES string of the molecule is CCCNC(Cc1cc(F)ccc1C)C1CCCCC1. The zero-order valence-corrected chi connectivity index (χ0v) is 12.9. The summed E-state index contributed by atoms with van der Waals surface area (Å²) >= 11 is 0. The molecular formula is C18H28FN. The Morgan fingerprint density at radius 3 is 2.70 bits per heavy atom. The first-order valence-corrected chi connectivity index (χ1v) is 8.19. The molecule has 2 heteroatoms. The molecule has 1 saturated carbocycles. The Hall–Kier alpha value is -0.890. The van der Waals surface area contributed by atoms with Crippen LogP contribution in [0.5, 0.6) is 0 Å². The van der Waals surface area contributed by atoms with Crippen molar-refractivity contribution >= 4 is 0 Å². The average Bonchev–Trinajstić information content (AvgIpc) is 2.48. The fraction of sp³-hybridized carbons (Fsp3) is 0.667. The lowest BCUT2D eigenvalue weighted by atomic mass is 9.81. The minimum Gasteiger partial charge on any atom is -0.313 e. The molecule has 1 unspecified atom stereocenters. The van der Waals surface area contributed by atoms with Crippen LogP contribution in [0.4, 0.5) is 4.39 Å². The molecule has 0 spiro atoms. The molecule has 1 nitrogen and oxygen atoms in total. The van der Waals surface area contributed by atoms with Gasteiger partial charge in [0.15, 0.2) is 0 Å². The summed E-state index contributed by atoms with van der Waals surface area (Å²) in [4.78, 5) is 0. The van der Waals surface area contributed by atoms with Gasteiger partial charge >= 0.3 is 0 Å². The standard InChI is InChI=1S/C18H28FN/c1-3-11-20-18(15-7-5-4-6-8-15)13-16-12-17(19)10-9-14(16)2/h9-10,12,15,18,20H,3-8,11,13H2,1-2H3. The van der Waals surface area contributed by atoms with Crippen molar-refractivity contribution in [3.8, 4) is 0 Å². The lowest BCUT2D eigenvalue weighted by Crippen LogP contribution is -2.39. The molecule has 1 aromatic rings. The molecule has 1 aliphatic carbocycles. The number of rotatable bonds is 6. The van der Waals surface area contributed by atoms with Crippen LogP contribution in [0.25, 0.3) is 0 Å². The smallest absolute Gasteiger partial charge is 0.123 e. The molecule has 1 aliphatic rings. The lowest BCUT2D eigenvalue weighted by Gasteiger charge is -2.31. The highest BCUT2D eigenvalue weighted by Gasteiger charge is 2.23. The van der Waals surface area contributed by atoms with Gasteiger partial charge in [-0.15, -0.1) is 0 Å². The third-order valence-corrected chi connectivity index (χ3v) is 4.63. The van der Waals surface area contributed by atoms with Crippen LogP contribution in [0.15, 0.2) is 18.2 Å². The molecule has 1 atom stereocenters. The van der Waals surface area contributed by atoms with Crippen LogP contribution in [0.1, 0.15) is 56.6 Å². The molecule has 1 N–H and O–H groups in total. The minimum atomic E-state index is -0.108. The number of aryl methyl sites for hydroxylation is 1.